The topological polar surface area (TPSA) is 53.1 Å². The summed E-state index contributed by atoms with van der Waals surface area (Å²) in [5, 5.41) is 10.5. The van der Waals surface area contributed by atoms with E-state index in [0.717, 1.165) is 23.9 Å². The highest BCUT2D eigenvalue weighted by atomic mass is 16.3. The van der Waals surface area contributed by atoms with Gasteiger partial charge in [-0.3, -0.25) is 4.79 Å². The van der Waals surface area contributed by atoms with Gasteiger partial charge in [-0.1, -0.05) is 19.4 Å². The van der Waals surface area contributed by atoms with E-state index in [1.807, 2.05) is 19.1 Å². The lowest BCUT2D eigenvalue weighted by atomic mass is 10.0. The van der Waals surface area contributed by atoms with Gasteiger partial charge in [0, 0.05) is 23.2 Å². The van der Waals surface area contributed by atoms with E-state index in [2.05, 4.69) is 4.98 Å². The van der Waals surface area contributed by atoms with Crippen LogP contribution < -0.4 is 5.43 Å². The number of hydrogen-bond acceptors (Lipinski definition) is 2. The quantitative estimate of drug-likeness (QED) is 0.829. The summed E-state index contributed by atoms with van der Waals surface area (Å²) in [6, 6.07) is 6.93. The van der Waals surface area contributed by atoms with Crippen LogP contribution in [0.1, 0.15) is 31.4 Å². The van der Waals surface area contributed by atoms with Crippen molar-refractivity contribution in [2.75, 3.05) is 0 Å². The van der Waals surface area contributed by atoms with Gasteiger partial charge in [-0.2, -0.15) is 0 Å². The van der Waals surface area contributed by atoms with Gasteiger partial charge in [0.05, 0.1) is 6.10 Å². The summed E-state index contributed by atoms with van der Waals surface area (Å²) in [6.45, 7) is 2.03. The number of nitrogens with one attached hydrogen (secondary N) is 1. The molecule has 0 saturated carbocycles. The fourth-order valence-corrected chi connectivity index (χ4v) is 1.84. The summed E-state index contributed by atoms with van der Waals surface area (Å²) < 4.78 is 0. The molecule has 1 unspecified atom stereocenters. The fourth-order valence-electron chi connectivity index (χ4n) is 1.84. The van der Waals surface area contributed by atoms with Crippen LogP contribution in [0.5, 0.6) is 0 Å². The van der Waals surface area contributed by atoms with E-state index in [1.54, 1.807) is 12.3 Å². The highest BCUT2D eigenvalue weighted by Gasteiger charge is 2.07. The third kappa shape index (κ3) is 1.99. The van der Waals surface area contributed by atoms with Crippen LogP contribution in [0, 0.1) is 0 Å². The number of aromatic nitrogens is 1. The molecule has 0 bridgehead atoms. The largest absolute Gasteiger partial charge is 0.388 e. The maximum Gasteiger partial charge on any atom is 0.189 e. The zero-order valence-electron chi connectivity index (χ0n) is 9.23. The number of aromatic amines is 1. The molecule has 1 heterocycles. The highest BCUT2D eigenvalue weighted by Crippen LogP contribution is 2.20. The zero-order chi connectivity index (χ0) is 11.5. The third-order valence-electron chi connectivity index (χ3n) is 2.73. The number of pyridine rings is 1. The second kappa shape index (κ2) is 4.49. The molecule has 0 fully saturated rings. The number of hydrogen-bond donors (Lipinski definition) is 2. The minimum absolute atomic E-state index is 0.00489. The van der Waals surface area contributed by atoms with Gasteiger partial charge >= 0.3 is 0 Å². The Bertz CT molecular complexity index is 545. The van der Waals surface area contributed by atoms with Crippen LogP contribution in [-0.4, -0.2) is 10.1 Å². The summed E-state index contributed by atoms with van der Waals surface area (Å²) in [6.07, 6.45) is 2.85. The Balaban J connectivity index is 2.48. The lowest BCUT2D eigenvalue weighted by Gasteiger charge is -2.10. The summed E-state index contributed by atoms with van der Waals surface area (Å²) in [4.78, 5) is 14.5. The van der Waals surface area contributed by atoms with Gasteiger partial charge < -0.3 is 10.1 Å². The van der Waals surface area contributed by atoms with Gasteiger partial charge in [0.25, 0.3) is 0 Å². The number of aliphatic hydroxyl groups excluding tert-OH is 1. The Labute approximate surface area is 93.7 Å². The molecule has 84 valence electrons. The van der Waals surface area contributed by atoms with Crippen molar-refractivity contribution in [3.63, 3.8) is 0 Å². The van der Waals surface area contributed by atoms with Crippen molar-refractivity contribution in [2.45, 2.75) is 25.9 Å². The third-order valence-corrected chi connectivity index (χ3v) is 2.73. The van der Waals surface area contributed by atoms with Gasteiger partial charge in [0.1, 0.15) is 0 Å². The van der Waals surface area contributed by atoms with E-state index < -0.39 is 6.10 Å². The molecule has 1 atom stereocenters. The van der Waals surface area contributed by atoms with Gasteiger partial charge in [0.15, 0.2) is 5.43 Å². The fraction of sp³-hybridized carbons (Fsp3) is 0.308. The molecule has 0 spiro atoms. The Morgan fingerprint density at radius 2 is 2.19 bits per heavy atom. The van der Waals surface area contributed by atoms with Crippen LogP contribution in [0.15, 0.2) is 35.3 Å². The first-order chi connectivity index (χ1) is 7.72. The van der Waals surface area contributed by atoms with E-state index in [-0.39, 0.29) is 5.43 Å². The Morgan fingerprint density at radius 3 is 2.94 bits per heavy atom. The first-order valence-electron chi connectivity index (χ1n) is 5.52. The normalized spacial score (nSPS) is 12.9. The molecular weight excluding hydrogens is 202 g/mol. The second-order valence-corrected chi connectivity index (χ2v) is 3.95. The maximum absolute atomic E-state index is 11.5. The van der Waals surface area contributed by atoms with Gasteiger partial charge in [0.2, 0.25) is 0 Å². The predicted octanol–water partition coefficient (Wildman–Crippen LogP) is 2.36. The minimum atomic E-state index is -0.446. The van der Waals surface area contributed by atoms with Crippen molar-refractivity contribution < 1.29 is 5.11 Å². The minimum Gasteiger partial charge on any atom is -0.388 e. The summed E-state index contributed by atoms with van der Waals surface area (Å²) >= 11 is 0. The number of benzene rings is 1. The van der Waals surface area contributed by atoms with Crippen LogP contribution >= 0.6 is 0 Å². The van der Waals surface area contributed by atoms with Gasteiger partial charge in [-0.05, 0) is 24.1 Å². The van der Waals surface area contributed by atoms with Crippen molar-refractivity contribution in [1.29, 1.82) is 0 Å². The van der Waals surface area contributed by atoms with Crippen molar-refractivity contribution in [2.24, 2.45) is 0 Å². The average molecular weight is 217 g/mol. The van der Waals surface area contributed by atoms with Crippen LogP contribution in [0.2, 0.25) is 0 Å². The number of fused-ring (bicyclic) bond motifs is 1. The Morgan fingerprint density at radius 1 is 1.38 bits per heavy atom. The molecule has 3 heteroatoms. The van der Waals surface area contributed by atoms with E-state index in [1.165, 1.54) is 6.07 Å². The molecule has 2 aromatic rings. The highest BCUT2D eigenvalue weighted by molar-refractivity contribution is 5.78. The molecule has 0 radical (unpaired) electrons. The smallest absolute Gasteiger partial charge is 0.189 e. The SMILES string of the molecule is CCCC(O)c1ccc2c(=O)cc[nH]c2c1. The maximum atomic E-state index is 11.5. The lowest BCUT2D eigenvalue weighted by molar-refractivity contribution is 0.166. The van der Waals surface area contributed by atoms with Crippen LogP contribution in [0.25, 0.3) is 10.9 Å². The monoisotopic (exact) mass is 217 g/mol. The first-order valence-corrected chi connectivity index (χ1v) is 5.52. The van der Waals surface area contributed by atoms with Crippen molar-refractivity contribution in [3.05, 3.63) is 46.2 Å². The number of aliphatic hydroxyl groups is 1. The Kier molecular flexibility index (Phi) is 3.06. The van der Waals surface area contributed by atoms with E-state index in [9.17, 15) is 9.90 Å². The van der Waals surface area contributed by atoms with E-state index in [0.29, 0.717) is 5.39 Å². The molecule has 0 saturated heterocycles. The summed E-state index contributed by atoms with van der Waals surface area (Å²) in [7, 11) is 0. The van der Waals surface area contributed by atoms with E-state index in [4.69, 9.17) is 0 Å². The molecule has 0 amide bonds. The van der Waals surface area contributed by atoms with E-state index >= 15 is 0 Å². The van der Waals surface area contributed by atoms with Gasteiger partial charge in [-0.15, -0.1) is 0 Å². The molecule has 0 aliphatic rings. The second-order valence-electron chi connectivity index (χ2n) is 3.95. The molecular formula is C13H15NO2. The average Bonchev–Trinajstić information content (AvgIpc) is 2.29. The molecule has 0 aliphatic carbocycles. The van der Waals surface area contributed by atoms with Crippen LogP contribution in [0.4, 0.5) is 0 Å². The lowest BCUT2D eigenvalue weighted by Crippen LogP contribution is -2.02. The molecule has 3 nitrogen and oxygen atoms in total. The molecule has 16 heavy (non-hydrogen) atoms. The standard InChI is InChI=1S/C13H15NO2/c1-2-3-12(15)9-4-5-10-11(8-9)14-7-6-13(10)16/h4-8,12,15H,2-3H2,1H3,(H,14,16). The van der Waals surface area contributed by atoms with Crippen LogP contribution in [0.3, 0.4) is 0 Å². The first kappa shape index (κ1) is 10.9. The molecule has 1 aromatic carbocycles. The zero-order valence-corrected chi connectivity index (χ0v) is 9.23. The van der Waals surface area contributed by atoms with Crippen molar-refractivity contribution in [3.8, 4) is 0 Å². The summed E-state index contributed by atoms with van der Waals surface area (Å²) in [5.41, 5.74) is 1.64. The number of rotatable bonds is 3. The number of H-pyrrole nitrogens is 1. The predicted molar refractivity (Wildman–Crippen MR) is 64.4 cm³/mol. The molecule has 2 N–H and O–H groups in total. The van der Waals surface area contributed by atoms with Gasteiger partial charge in [-0.25, -0.2) is 0 Å². The van der Waals surface area contributed by atoms with Crippen LogP contribution in [-0.2, 0) is 0 Å². The Hall–Kier alpha value is -1.61. The van der Waals surface area contributed by atoms with Crippen molar-refractivity contribution in [1.82, 2.24) is 4.98 Å². The molecule has 1 aromatic heterocycles. The summed E-state index contributed by atoms with van der Waals surface area (Å²) in [5.74, 6) is 0. The molecule has 2 rings (SSSR count). The molecule has 0 aliphatic heterocycles. The van der Waals surface area contributed by atoms with Crippen molar-refractivity contribution >= 4 is 10.9 Å².